The molecule has 1 aliphatic heterocycles. The van der Waals surface area contributed by atoms with Gasteiger partial charge in [-0.1, -0.05) is 6.92 Å². The van der Waals surface area contributed by atoms with Crippen molar-refractivity contribution in [1.29, 1.82) is 0 Å². The molecule has 0 aromatic heterocycles. The highest BCUT2D eigenvalue weighted by Gasteiger charge is 2.14. The molecule has 1 saturated heterocycles. The minimum Gasteiger partial charge on any atom is -0.381 e. The van der Waals surface area contributed by atoms with E-state index in [2.05, 4.69) is 0 Å². The van der Waals surface area contributed by atoms with Crippen LogP contribution in [0.15, 0.2) is 0 Å². The molecule has 1 aliphatic rings. The summed E-state index contributed by atoms with van der Waals surface area (Å²) in [6.07, 6.45) is 4.90. The van der Waals surface area contributed by atoms with E-state index in [0.29, 0.717) is 18.1 Å². The van der Waals surface area contributed by atoms with Crippen LogP contribution >= 0.6 is 0 Å². The Morgan fingerprint density at radius 1 is 1.58 bits per heavy atom. The lowest BCUT2D eigenvalue weighted by Gasteiger charge is -2.21. The molecule has 0 saturated carbocycles. The molecule has 70 valence electrons. The fraction of sp³-hybridized carbons (Fsp3) is 0.900. The third-order valence-corrected chi connectivity index (χ3v) is 2.48. The number of hydrogen-bond donors (Lipinski definition) is 0. The first-order chi connectivity index (χ1) is 5.83. The van der Waals surface area contributed by atoms with Crippen LogP contribution < -0.4 is 0 Å². The minimum atomic E-state index is 0.389. The van der Waals surface area contributed by atoms with E-state index >= 15 is 0 Å². The molecule has 0 aliphatic carbocycles. The molecule has 0 N–H and O–H groups in total. The summed E-state index contributed by atoms with van der Waals surface area (Å²) in [5.74, 6) is 1.04. The second-order valence-electron chi connectivity index (χ2n) is 3.51. The first kappa shape index (κ1) is 9.72. The number of ether oxygens (including phenoxy) is 1. The average Bonchev–Trinajstić information content (AvgIpc) is 2.16. The van der Waals surface area contributed by atoms with E-state index in [-0.39, 0.29) is 0 Å². The summed E-state index contributed by atoms with van der Waals surface area (Å²) in [6.45, 7) is 3.72. The van der Waals surface area contributed by atoms with E-state index in [1.807, 2.05) is 6.92 Å². The van der Waals surface area contributed by atoms with Crippen LogP contribution in [0.3, 0.4) is 0 Å². The van der Waals surface area contributed by atoms with Crippen LogP contribution in [0, 0.1) is 5.92 Å². The standard InChI is InChI=1S/C10H18O2/c1-2-10(11)6-5-9-4-3-7-12-8-9/h9H,2-8H2,1H3. The maximum absolute atomic E-state index is 11.0. The molecule has 0 aromatic rings. The van der Waals surface area contributed by atoms with E-state index in [9.17, 15) is 4.79 Å². The SMILES string of the molecule is CCC(=O)CCC1CCCOC1. The highest BCUT2D eigenvalue weighted by molar-refractivity contribution is 5.77. The Bertz CT molecular complexity index is 137. The fourth-order valence-electron chi connectivity index (χ4n) is 1.58. The largest absolute Gasteiger partial charge is 0.381 e. The van der Waals surface area contributed by atoms with E-state index in [1.165, 1.54) is 12.8 Å². The molecule has 1 unspecified atom stereocenters. The van der Waals surface area contributed by atoms with Crippen molar-refractivity contribution >= 4 is 5.78 Å². The molecule has 0 bridgehead atoms. The summed E-state index contributed by atoms with van der Waals surface area (Å²) in [5.41, 5.74) is 0. The summed E-state index contributed by atoms with van der Waals surface area (Å²) >= 11 is 0. The van der Waals surface area contributed by atoms with Gasteiger partial charge in [-0.15, -0.1) is 0 Å². The third kappa shape index (κ3) is 3.35. The van der Waals surface area contributed by atoms with Crippen molar-refractivity contribution in [3.05, 3.63) is 0 Å². The van der Waals surface area contributed by atoms with Crippen molar-refractivity contribution in [2.24, 2.45) is 5.92 Å². The first-order valence-electron chi connectivity index (χ1n) is 4.92. The van der Waals surface area contributed by atoms with Gasteiger partial charge in [-0.25, -0.2) is 0 Å². The third-order valence-electron chi connectivity index (χ3n) is 2.48. The normalized spacial score (nSPS) is 23.9. The zero-order chi connectivity index (χ0) is 8.81. The number of Topliss-reactive ketones (excluding diaryl/α,β-unsaturated/α-hetero) is 1. The number of carbonyl (C=O) groups is 1. The Kier molecular flexibility index (Phi) is 4.30. The Balaban J connectivity index is 2.09. The smallest absolute Gasteiger partial charge is 0.132 e. The van der Waals surface area contributed by atoms with Gasteiger partial charge in [0.15, 0.2) is 0 Å². The number of rotatable bonds is 4. The van der Waals surface area contributed by atoms with Crippen LogP contribution in [0.4, 0.5) is 0 Å². The first-order valence-corrected chi connectivity index (χ1v) is 4.92. The monoisotopic (exact) mass is 170 g/mol. The van der Waals surface area contributed by atoms with Crippen molar-refractivity contribution in [3.63, 3.8) is 0 Å². The lowest BCUT2D eigenvalue weighted by molar-refractivity contribution is -0.119. The summed E-state index contributed by atoms with van der Waals surface area (Å²) in [7, 11) is 0. The van der Waals surface area contributed by atoms with Crippen molar-refractivity contribution < 1.29 is 9.53 Å². The number of carbonyl (C=O) groups excluding carboxylic acids is 1. The van der Waals surface area contributed by atoms with Crippen molar-refractivity contribution in [3.8, 4) is 0 Å². The molecule has 2 nitrogen and oxygen atoms in total. The molecule has 1 rings (SSSR count). The van der Waals surface area contributed by atoms with Gasteiger partial charge in [-0.2, -0.15) is 0 Å². The number of hydrogen-bond acceptors (Lipinski definition) is 2. The Morgan fingerprint density at radius 2 is 2.42 bits per heavy atom. The van der Waals surface area contributed by atoms with Gasteiger partial charge in [-0.05, 0) is 25.2 Å². The van der Waals surface area contributed by atoms with Crippen molar-refractivity contribution in [2.75, 3.05) is 13.2 Å². The number of ketones is 1. The predicted octanol–water partition coefficient (Wildman–Crippen LogP) is 2.17. The lowest BCUT2D eigenvalue weighted by Crippen LogP contribution is -2.18. The molecule has 1 atom stereocenters. The molecule has 0 spiro atoms. The molecular formula is C10H18O2. The molecule has 12 heavy (non-hydrogen) atoms. The van der Waals surface area contributed by atoms with Gasteiger partial charge >= 0.3 is 0 Å². The molecule has 1 fully saturated rings. The van der Waals surface area contributed by atoms with Crippen molar-refractivity contribution in [2.45, 2.75) is 39.0 Å². The molecule has 2 heteroatoms. The lowest BCUT2D eigenvalue weighted by atomic mass is 9.95. The Morgan fingerprint density at radius 3 is 3.00 bits per heavy atom. The van der Waals surface area contributed by atoms with Gasteiger partial charge in [0.1, 0.15) is 5.78 Å². The maximum atomic E-state index is 11.0. The average molecular weight is 170 g/mol. The molecule has 0 amide bonds. The second kappa shape index (κ2) is 5.31. The van der Waals surface area contributed by atoms with Gasteiger partial charge in [0, 0.05) is 26.1 Å². The van der Waals surface area contributed by atoms with Crippen LogP contribution in [-0.4, -0.2) is 19.0 Å². The molecule has 0 radical (unpaired) electrons. The highest BCUT2D eigenvalue weighted by Crippen LogP contribution is 2.18. The van der Waals surface area contributed by atoms with Crippen LogP contribution in [0.5, 0.6) is 0 Å². The van der Waals surface area contributed by atoms with Crippen molar-refractivity contribution in [1.82, 2.24) is 0 Å². The highest BCUT2D eigenvalue weighted by atomic mass is 16.5. The minimum absolute atomic E-state index is 0.389. The summed E-state index contributed by atoms with van der Waals surface area (Å²) in [5, 5.41) is 0. The van der Waals surface area contributed by atoms with Crippen LogP contribution in [0.25, 0.3) is 0 Å². The van der Waals surface area contributed by atoms with E-state index in [1.54, 1.807) is 0 Å². The topological polar surface area (TPSA) is 26.3 Å². The Hall–Kier alpha value is -0.370. The molecule has 1 heterocycles. The zero-order valence-corrected chi connectivity index (χ0v) is 7.84. The molecular weight excluding hydrogens is 152 g/mol. The second-order valence-corrected chi connectivity index (χ2v) is 3.51. The van der Waals surface area contributed by atoms with Crippen LogP contribution in [0.1, 0.15) is 39.0 Å². The van der Waals surface area contributed by atoms with Gasteiger partial charge in [0.05, 0.1) is 0 Å². The summed E-state index contributed by atoms with van der Waals surface area (Å²) in [6, 6.07) is 0. The van der Waals surface area contributed by atoms with Gasteiger partial charge in [0.25, 0.3) is 0 Å². The Labute approximate surface area is 74.3 Å². The van der Waals surface area contributed by atoms with E-state index < -0.39 is 0 Å². The van der Waals surface area contributed by atoms with E-state index in [4.69, 9.17) is 4.74 Å². The van der Waals surface area contributed by atoms with Gasteiger partial charge in [0.2, 0.25) is 0 Å². The van der Waals surface area contributed by atoms with Gasteiger partial charge in [-0.3, -0.25) is 4.79 Å². The predicted molar refractivity (Wildman–Crippen MR) is 48.1 cm³/mol. The quantitative estimate of drug-likeness (QED) is 0.646. The fourth-order valence-corrected chi connectivity index (χ4v) is 1.58. The zero-order valence-electron chi connectivity index (χ0n) is 7.84. The van der Waals surface area contributed by atoms with Gasteiger partial charge < -0.3 is 4.74 Å². The van der Waals surface area contributed by atoms with E-state index in [0.717, 1.165) is 26.1 Å². The molecule has 0 aromatic carbocycles. The summed E-state index contributed by atoms with van der Waals surface area (Å²) in [4.78, 5) is 11.0. The summed E-state index contributed by atoms with van der Waals surface area (Å²) < 4.78 is 5.34. The maximum Gasteiger partial charge on any atom is 0.132 e. The van der Waals surface area contributed by atoms with Crippen LogP contribution in [-0.2, 0) is 9.53 Å². The van der Waals surface area contributed by atoms with Crippen LogP contribution in [0.2, 0.25) is 0 Å².